The predicted octanol–water partition coefficient (Wildman–Crippen LogP) is 5.79. The molecule has 1 N–H and O–H groups in total. The molecule has 4 aromatic rings. The summed E-state index contributed by atoms with van der Waals surface area (Å²) in [5, 5.41) is 18.5. The van der Waals surface area contributed by atoms with Gasteiger partial charge in [-0.2, -0.15) is 36.5 Å². The standard InChI is InChI=1S/C23H18F6N4O/c1-13-11-19(22(24,25)26)32(30-13)17-7-3-15(4-8-17)21(34)16-5-9-18(10-6-16)33-20(23(27,28)29)12-14(2)31-33/h3-12,21,34H,1-2H3. The highest BCUT2D eigenvalue weighted by molar-refractivity contribution is 5.42. The summed E-state index contributed by atoms with van der Waals surface area (Å²) in [6.07, 6.45) is -10.3. The van der Waals surface area contributed by atoms with Crippen molar-refractivity contribution in [2.75, 3.05) is 0 Å². The lowest BCUT2D eigenvalue weighted by molar-refractivity contribution is -0.143. The summed E-state index contributed by atoms with van der Waals surface area (Å²) in [7, 11) is 0. The van der Waals surface area contributed by atoms with E-state index in [2.05, 4.69) is 10.2 Å². The molecule has 0 radical (unpaired) electrons. The van der Waals surface area contributed by atoms with Gasteiger partial charge in [0.05, 0.1) is 22.8 Å². The van der Waals surface area contributed by atoms with Crippen molar-refractivity contribution in [1.29, 1.82) is 0 Å². The van der Waals surface area contributed by atoms with Gasteiger partial charge in [-0.25, -0.2) is 9.36 Å². The predicted molar refractivity (Wildman–Crippen MR) is 111 cm³/mol. The summed E-state index contributed by atoms with van der Waals surface area (Å²) < 4.78 is 81.1. The van der Waals surface area contributed by atoms with Gasteiger partial charge in [0.15, 0.2) is 0 Å². The fourth-order valence-corrected chi connectivity index (χ4v) is 3.58. The fraction of sp³-hybridized carbons (Fsp3) is 0.217. The Morgan fingerprint density at radius 2 is 0.971 bits per heavy atom. The normalized spacial score (nSPS) is 12.5. The molecule has 4 rings (SSSR count). The molecule has 2 aromatic carbocycles. The van der Waals surface area contributed by atoms with Gasteiger partial charge in [-0.3, -0.25) is 0 Å². The first-order valence-corrected chi connectivity index (χ1v) is 10.0. The molecule has 0 spiro atoms. The molecular weight excluding hydrogens is 462 g/mol. The minimum absolute atomic E-state index is 0.167. The van der Waals surface area contributed by atoms with E-state index in [1.807, 2.05) is 0 Å². The van der Waals surface area contributed by atoms with Crippen LogP contribution in [0.3, 0.4) is 0 Å². The number of hydrogen-bond donors (Lipinski definition) is 1. The molecule has 0 saturated carbocycles. The van der Waals surface area contributed by atoms with Crippen molar-refractivity contribution >= 4 is 0 Å². The number of benzene rings is 2. The Hall–Kier alpha value is -3.60. The minimum atomic E-state index is -4.58. The van der Waals surface area contributed by atoms with Gasteiger partial charge in [-0.05, 0) is 61.4 Å². The van der Waals surface area contributed by atoms with Crippen LogP contribution in [0.1, 0.15) is 40.0 Å². The second-order valence-electron chi connectivity index (χ2n) is 7.75. The van der Waals surface area contributed by atoms with E-state index in [4.69, 9.17) is 0 Å². The number of nitrogens with zero attached hydrogens (tertiary/aromatic N) is 4. The first-order chi connectivity index (χ1) is 15.8. The Morgan fingerprint density at radius 1 is 0.647 bits per heavy atom. The zero-order chi connectivity index (χ0) is 24.8. The van der Waals surface area contributed by atoms with Crippen molar-refractivity contribution < 1.29 is 31.4 Å². The molecule has 0 fully saturated rings. The van der Waals surface area contributed by atoms with E-state index in [1.165, 1.54) is 62.4 Å². The maximum atomic E-state index is 13.3. The third-order valence-corrected chi connectivity index (χ3v) is 5.15. The molecule has 11 heteroatoms. The summed E-state index contributed by atoms with van der Waals surface area (Å²) in [6.45, 7) is 2.91. The quantitative estimate of drug-likeness (QED) is 0.376. The van der Waals surface area contributed by atoms with E-state index in [-0.39, 0.29) is 22.8 Å². The number of rotatable bonds is 4. The summed E-state index contributed by atoms with van der Waals surface area (Å²) in [5.41, 5.74) is -0.308. The van der Waals surface area contributed by atoms with Crippen LogP contribution in [0.15, 0.2) is 60.7 Å². The van der Waals surface area contributed by atoms with Crippen LogP contribution in [-0.2, 0) is 12.4 Å². The fourth-order valence-electron chi connectivity index (χ4n) is 3.58. The molecular formula is C23H18F6N4O. The number of aromatic nitrogens is 4. The van der Waals surface area contributed by atoms with E-state index in [0.717, 1.165) is 21.5 Å². The summed E-state index contributed by atoms with van der Waals surface area (Å²) in [6, 6.07) is 13.3. The van der Waals surface area contributed by atoms with E-state index < -0.39 is 29.8 Å². The largest absolute Gasteiger partial charge is 0.433 e. The highest BCUT2D eigenvalue weighted by atomic mass is 19.4. The van der Waals surface area contributed by atoms with E-state index in [1.54, 1.807) is 0 Å². The van der Waals surface area contributed by atoms with Gasteiger partial charge in [0, 0.05) is 0 Å². The smallest absolute Gasteiger partial charge is 0.384 e. The van der Waals surface area contributed by atoms with Gasteiger partial charge in [0.1, 0.15) is 17.5 Å². The van der Waals surface area contributed by atoms with Crippen LogP contribution < -0.4 is 0 Å². The van der Waals surface area contributed by atoms with Gasteiger partial charge in [-0.15, -0.1) is 0 Å². The summed E-state index contributed by atoms with van der Waals surface area (Å²) in [4.78, 5) is 0. The van der Waals surface area contributed by atoms with Crippen molar-refractivity contribution in [3.63, 3.8) is 0 Å². The molecule has 0 unspecified atom stereocenters. The minimum Gasteiger partial charge on any atom is -0.384 e. The van der Waals surface area contributed by atoms with Crippen LogP contribution in [0.4, 0.5) is 26.3 Å². The number of alkyl halides is 6. The second-order valence-corrected chi connectivity index (χ2v) is 7.75. The van der Waals surface area contributed by atoms with Crippen LogP contribution in [0.2, 0.25) is 0 Å². The van der Waals surface area contributed by atoms with Crippen LogP contribution in [0, 0.1) is 13.8 Å². The monoisotopic (exact) mass is 480 g/mol. The SMILES string of the molecule is Cc1cc(C(F)(F)F)n(-c2ccc(C(O)c3ccc(-n4nc(C)cc4C(F)(F)F)cc3)cc2)n1. The van der Waals surface area contributed by atoms with Crippen LogP contribution >= 0.6 is 0 Å². The van der Waals surface area contributed by atoms with Crippen molar-refractivity contribution in [3.8, 4) is 11.4 Å². The number of aliphatic hydroxyl groups is 1. The van der Waals surface area contributed by atoms with Crippen LogP contribution in [-0.4, -0.2) is 24.7 Å². The lowest BCUT2D eigenvalue weighted by Crippen LogP contribution is -2.13. The van der Waals surface area contributed by atoms with Gasteiger partial charge in [0.2, 0.25) is 0 Å². The molecule has 0 saturated heterocycles. The van der Waals surface area contributed by atoms with Gasteiger partial charge in [-0.1, -0.05) is 24.3 Å². The zero-order valence-electron chi connectivity index (χ0n) is 17.9. The molecule has 0 atom stereocenters. The first kappa shape index (κ1) is 23.6. The number of hydrogen-bond acceptors (Lipinski definition) is 3. The third kappa shape index (κ3) is 4.56. The first-order valence-electron chi connectivity index (χ1n) is 10.0. The van der Waals surface area contributed by atoms with E-state index >= 15 is 0 Å². The Bertz CT molecular complexity index is 1200. The average molecular weight is 480 g/mol. The van der Waals surface area contributed by atoms with Crippen molar-refractivity contribution in [3.05, 3.63) is 94.6 Å². The van der Waals surface area contributed by atoms with Crippen molar-refractivity contribution in [2.24, 2.45) is 0 Å². The number of halogens is 6. The summed E-state index contributed by atoms with van der Waals surface area (Å²) >= 11 is 0. The lowest BCUT2D eigenvalue weighted by Gasteiger charge is -2.15. The number of aryl methyl sites for hydroxylation is 2. The van der Waals surface area contributed by atoms with E-state index in [9.17, 15) is 31.4 Å². The van der Waals surface area contributed by atoms with Crippen LogP contribution in [0.5, 0.6) is 0 Å². The molecule has 2 heterocycles. The molecule has 5 nitrogen and oxygen atoms in total. The Kier molecular flexibility index (Phi) is 5.76. The topological polar surface area (TPSA) is 55.9 Å². The number of aliphatic hydroxyl groups excluding tert-OH is 1. The van der Waals surface area contributed by atoms with E-state index in [0.29, 0.717) is 11.1 Å². The summed E-state index contributed by atoms with van der Waals surface area (Å²) in [5.74, 6) is 0. The molecule has 0 aliphatic rings. The molecule has 0 aliphatic heterocycles. The van der Waals surface area contributed by atoms with Gasteiger partial charge < -0.3 is 5.11 Å². The van der Waals surface area contributed by atoms with Gasteiger partial charge >= 0.3 is 12.4 Å². The zero-order valence-corrected chi connectivity index (χ0v) is 17.9. The maximum Gasteiger partial charge on any atom is 0.433 e. The van der Waals surface area contributed by atoms with Crippen LogP contribution in [0.25, 0.3) is 11.4 Å². The average Bonchev–Trinajstić information content (AvgIpc) is 3.36. The maximum absolute atomic E-state index is 13.3. The Morgan fingerprint density at radius 3 is 1.26 bits per heavy atom. The van der Waals surface area contributed by atoms with Crippen molar-refractivity contribution in [1.82, 2.24) is 19.6 Å². The third-order valence-electron chi connectivity index (χ3n) is 5.15. The lowest BCUT2D eigenvalue weighted by atomic mass is 10.0. The van der Waals surface area contributed by atoms with Crippen molar-refractivity contribution in [2.45, 2.75) is 32.3 Å². The highest BCUT2D eigenvalue weighted by Crippen LogP contribution is 2.33. The molecule has 34 heavy (non-hydrogen) atoms. The molecule has 2 aromatic heterocycles. The Balaban J connectivity index is 1.59. The molecule has 0 aliphatic carbocycles. The molecule has 178 valence electrons. The van der Waals surface area contributed by atoms with Gasteiger partial charge in [0.25, 0.3) is 0 Å². The Labute approximate surface area is 189 Å². The molecule has 0 bridgehead atoms. The highest BCUT2D eigenvalue weighted by Gasteiger charge is 2.36. The second kappa shape index (κ2) is 8.32. The molecule has 0 amide bonds.